The van der Waals surface area contributed by atoms with Gasteiger partial charge in [-0.25, -0.2) is 4.39 Å². The number of nitrogens with zero attached hydrogens (tertiary/aromatic N) is 2. The van der Waals surface area contributed by atoms with Gasteiger partial charge in [0.2, 0.25) is 0 Å². The number of aromatic nitrogens is 1. The molecule has 3 aromatic rings. The lowest BCUT2D eigenvalue weighted by molar-refractivity contribution is -0.869. The summed E-state index contributed by atoms with van der Waals surface area (Å²) < 4.78 is 28.3. The van der Waals surface area contributed by atoms with Crippen LogP contribution >= 0.6 is 7.82 Å². The second-order valence-corrected chi connectivity index (χ2v) is 9.70. The molecule has 0 aliphatic rings. The zero-order chi connectivity index (χ0) is 26.2. The quantitative estimate of drug-likeness (QED) is 0.332. The highest BCUT2D eigenvalue weighted by molar-refractivity contribution is 7.43. The van der Waals surface area contributed by atoms with Crippen molar-refractivity contribution in [2.24, 2.45) is 0 Å². The van der Waals surface area contributed by atoms with Crippen molar-refractivity contribution < 1.29 is 37.7 Å². The fourth-order valence-electron chi connectivity index (χ4n) is 2.89. The average Bonchev–Trinajstić information content (AvgIpc) is 2.73. The molecular weight excluding hydrogens is 476 g/mol. The first-order valence-electron chi connectivity index (χ1n) is 10.6. The minimum absolute atomic E-state index is 0.105. The van der Waals surface area contributed by atoms with Crippen molar-refractivity contribution in [2.75, 3.05) is 34.2 Å². The number of carbonyl (C=O) groups is 1. The van der Waals surface area contributed by atoms with Crippen LogP contribution in [0.15, 0.2) is 60.7 Å². The Kier molecular flexibility index (Phi) is 9.64. The van der Waals surface area contributed by atoms with E-state index < -0.39 is 7.82 Å². The molecule has 3 rings (SSSR count). The third-order valence-corrected chi connectivity index (χ3v) is 4.48. The molecule has 1 aromatic heterocycles. The first-order chi connectivity index (χ1) is 16.2. The molecule has 0 saturated carbocycles. The van der Waals surface area contributed by atoms with Gasteiger partial charge in [-0.2, -0.15) is 0 Å². The number of aryl methyl sites for hydroxylation is 1. The number of hydrogen-bond donors (Lipinski definition) is 3. The van der Waals surface area contributed by atoms with Gasteiger partial charge in [-0.3, -0.25) is 14.3 Å². The summed E-state index contributed by atoms with van der Waals surface area (Å²) >= 11 is 0. The summed E-state index contributed by atoms with van der Waals surface area (Å²) in [6.07, 6.45) is 0. The number of quaternary nitrogens is 1. The maximum atomic E-state index is 13.0. The molecule has 188 valence electrons. The minimum atomic E-state index is -4.89. The summed E-state index contributed by atoms with van der Waals surface area (Å²) in [6.45, 7) is 3.32. The highest BCUT2D eigenvalue weighted by Gasteiger charge is 2.12. The highest BCUT2D eigenvalue weighted by atomic mass is 31.2. The first kappa shape index (κ1) is 28.1. The molecular formula is C24H29FN3O6P. The molecule has 9 nitrogen and oxygen atoms in total. The number of nitrogens with one attached hydrogen (secondary N) is 1. The summed E-state index contributed by atoms with van der Waals surface area (Å²) in [4.78, 5) is 40.0. The van der Waals surface area contributed by atoms with Crippen LogP contribution in [0, 0.1) is 12.7 Å². The van der Waals surface area contributed by atoms with E-state index in [0.29, 0.717) is 23.6 Å². The number of rotatable bonds is 7. The average molecular weight is 505 g/mol. The monoisotopic (exact) mass is 505 g/mol. The lowest BCUT2D eigenvalue weighted by Crippen LogP contribution is -2.41. The normalized spacial score (nSPS) is 11.3. The van der Waals surface area contributed by atoms with Gasteiger partial charge in [0.05, 0.1) is 39.9 Å². The lowest BCUT2D eigenvalue weighted by atomic mass is 10.1. The van der Waals surface area contributed by atoms with Crippen molar-refractivity contribution in [2.45, 2.75) is 6.92 Å². The Morgan fingerprint density at radius 3 is 2.09 bits per heavy atom. The largest absolute Gasteiger partial charge is 0.756 e. The van der Waals surface area contributed by atoms with Crippen LogP contribution in [0.1, 0.15) is 16.1 Å². The SMILES string of the molecule is Cc1cc(C(=O)NCC[N+](C)(C)C)cc(-c2ccc(Oc3ccc(F)cc3)cc2)n1.O=P([O-])(O)O. The zero-order valence-electron chi connectivity index (χ0n) is 19.9. The number of likely N-dealkylation sites (N-methyl/N-ethyl adjacent to an activating group) is 1. The third-order valence-electron chi connectivity index (χ3n) is 4.48. The van der Waals surface area contributed by atoms with Crippen molar-refractivity contribution in [3.8, 4) is 22.8 Å². The Bertz CT molecular complexity index is 1170. The number of halogens is 1. The van der Waals surface area contributed by atoms with Crippen LogP contribution in [0.4, 0.5) is 4.39 Å². The second-order valence-electron chi connectivity index (χ2n) is 8.72. The van der Waals surface area contributed by atoms with E-state index in [-0.39, 0.29) is 11.7 Å². The smallest absolute Gasteiger partial charge is 0.262 e. The van der Waals surface area contributed by atoms with Crippen LogP contribution in [0.3, 0.4) is 0 Å². The van der Waals surface area contributed by atoms with Crippen molar-refractivity contribution in [1.29, 1.82) is 0 Å². The standard InChI is InChI=1S/C24H26FN3O2.H3O4P/c1-17-15-19(24(29)26-13-14-28(2,3)4)16-23(27-17)18-5-9-21(10-6-18)30-22-11-7-20(25)8-12-22;1-5(2,3)4/h5-12,15-16H,13-14H2,1-4H3;(H3,1,2,3,4). The van der Waals surface area contributed by atoms with Gasteiger partial charge >= 0.3 is 0 Å². The van der Waals surface area contributed by atoms with E-state index in [1.54, 1.807) is 24.3 Å². The molecule has 0 aliphatic carbocycles. The van der Waals surface area contributed by atoms with Crippen LogP contribution < -0.4 is 14.9 Å². The Balaban J connectivity index is 0.000000784. The number of hydrogen-bond acceptors (Lipinski definition) is 5. The van der Waals surface area contributed by atoms with Crippen LogP contribution in [0.25, 0.3) is 11.3 Å². The van der Waals surface area contributed by atoms with Crippen LogP contribution in [-0.4, -0.2) is 59.4 Å². The number of ether oxygens (including phenoxy) is 1. The van der Waals surface area contributed by atoms with Gasteiger partial charge in [-0.05, 0) is 67.6 Å². The van der Waals surface area contributed by atoms with E-state index in [1.807, 2.05) is 31.2 Å². The number of carbonyl (C=O) groups excluding carboxylic acids is 1. The van der Waals surface area contributed by atoms with E-state index in [9.17, 15) is 9.18 Å². The van der Waals surface area contributed by atoms with Gasteiger partial charge in [0.25, 0.3) is 13.7 Å². The molecule has 0 atom stereocenters. The maximum Gasteiger partial charge on any atom is 0.262 e. The number of phosphoric acid groups is 1. The molecule has 0 unspecified atom stereocenters. The predicted molar refractivity (Wildman–Crippen MR) is 128 cm³/mol. The first-order valence-corrected chi connectivity index (χ1v) is 12.1. The van der Waals surface area contributed by atoms with Gasteiger partial charge in [0.1, 0.15) is 17.3 Å². The zero-order valence-corrected chi connectivity index (χ0v) is 20.8. The Morgan fingerprint density at radius 1 is 1.06 bits per heavy atom. The van der Waals surface area contributed by atoms with Crippen molar-refractivity contribution in [3.63, 3.8) is 0 Å². The van der Waals surface area contributed by atoms with Crippen LogP contribution in [-0.2, 0) is 4.57 Å². The van der Waals surface area contributed by atoms with E-state index in [2.05, 4.69) is 31.4 Å². The second kappa shape index (κ2) is 12.0. The van der Waals surface area contributed by atoms with Crippen molar-refractivity contribution in [3.05, 3.63) is 77.7 Å². The molecule has 3 N–H and O–H groups in total. The molecule has 1 amide bonds. The molecule has 35 heavy (non-hydrogen) atoms. The van der Waals surface area contributed by atoms with Crippen LogP contribution in [0.5, 0.6) is 11.5 Å². The van der Waals surface area contributed by atoms with Gasteiger partial charge in [-0.1, -0.05) is 0 Å². The van der Waals surface area contributed by atoms with E-state index in [1.165, 1.54) is 12.1 Å². The number of benzene rings is 2. The molecule has 0 saturated heterocycles. The predicted octanol–water partition coefficient (Wildman–Crippen LogP) is 2.86. The Labute approximate surface area is 203 Å². The van der Waals surface area contributed by atoms with E-state index >= 15 is 0 Å². The maximum absolute atomic E-state index is 13.0. The van der Waals surface area contributed by atoms with Crippen molar-refractivity contribution >= 4 is 13.7 Å². The topological polar surface area (TPSA) is 132 Å². The summed E-state index contributed by atoms with van der Waals surface area (Å²) in [6, 6.07) is 16.9. The van der Waals surface area contributed by atoms with Gasteiger partial charge in [0, 0.05) is 16.8 Å². The third kappa shape index (κ3) is 11.2. The molecule has 11 heteroatoms. The molecule has 0 bridgehead atoms. The van der Waals surface area contributed by atoms with Crippen molar-refractivity contribution in [1.82, 2.24) is 10.3 Å². The lowest BCUT2D eigenvalue weighted by Gasteiger charge is -2.23. The summed E-state index contributed by atoms with van der Waals surface area (Å²) in [5.41, 5.74) is 2.96. The fourth-order valence-corrected chi connectivity index (χ4v) is 2.89. The molecule has 0 spiro atoms. The Hall–Kier alpha value is -3.14. The molecule has 0 radical (unpaired) electrons. The van der Waals surface area contributed by atoms with Crippen LogP contribution in [0.2, 0.25) is 0 Å². The minimum Gasteiger partial charge on any atom is -0.756 e. The van der Waals surface area contributed by atoms with E-state index in [4.69, 9.17) is 24.0 Å². The molecule has 0 fully saturated rings. The van der Waals surface area contributed by atoms with E-state index in [0.717, 1.165) is 28.0 Å². The van der Waals surface area contributed by atoms with Gasteiger partial charge < -0.3 is 29.2 Å². The van der Waals surface area contributed by atoms with Gasteiger partial charge in [0.15, 0.2) is 0 Å². The number of amides is 1. The Morgan fingerprint density at radius 2 is 1.57 bits per heavy atom. The molecule has 1 heterocycles. The number of pyridine rings is 1. The summed E-state index contributed by atoms with van der Waals surface area (Å²) in [5, 5.41) is 2.97. The summed E-state index contributed by atoms with van der Waals surface area (Å²) in [7, 11) is 1.37. The highest BCUT2D eigenvalue weighted by Crippen LogP contribution is 2.26. The molecule has 2 aromatic carbocycles. The van der Waals surface area contributed by atoms with Gasteiger partial charge in [-0.15, -0.1) is 0 Å². The molecule has 0 aliphatic heterocycles. The fraction of sp³-hybridized carbons (Fsp3) is 0.250. The summed E-state index contributed by atoms with van der Waals surface area (Å²) in [5.74, 6) is 0.786.